The molecule has 14 heavy (non-hydrogen) atoms. The van der Waals surface area contributed by atoms with Crippen molar-refractivity contribution < 1.29 is 18.9 Å². The maximum atomic E-state index is 5.29. The standard InChI is InChI=1S/C10H20O4/c1-4-10(14-9-12-6-3)7-13-8-11-5-2/h4,10H,1,5-9H2,2-3H3. The molecule has 0 fully saturated rings. The summed E-state index contributed by atoms with van der Waals surface area (Å²) in [7, 11) is 0. The Hall–Kier alpha value is -0.420. The van der Waals surface area contributed by atoms with Crippen LogP contribution in [0.1, 0.15) is 13.8 Å². The van der Waals surface area contributed by atoms with E-state index in [-0.39, 0.29) is 12.9 Å². The van der Waals surface area contributed by atoms with Gasteiger partial charge < -0.3 is 18.9 Å². The van der Waals surface area contributed by atoms with Crippen LogP contribution in [0.3, 0.4) is 0 Å². The molecule has 1 unspecified atom stereocenters. The van der Waals surface area contributed by atoms with E-state index in [1.54, 1.807) is 6.08 Å². The Labute approximate surface area is 85.8 Å². The van der Waals surface area contributed by atoms with Gasteiger partial charge in [0.15, 0.2) is 0 Å². The maximum Gasteiger partial charge on any atom is 0.147 e. The molecule has 0 aliphatic rings. The van der Waals surface area contributed by atoms with Gasteiger partial charge >= 0.3 is 0 Å². The van der Waals surface area contributed by atoms with Gasteiger partial charge in [0.2, 0.25) is 0 Å². The lowest BCUT2D eigenvalue weighted by molar-refractivity contribution is -0.117. The summed E-state index contributed by atoms with van der Waals surface area (Å²) < 4.78 is 20.5. The molecule has 84 valence electrons. The van der Waals surface area contributed by atoms with E-state index in [4.69, 9.17) is 18.9 Å². The molecule has 0 aliphatic carbocycles. The van der Waals surface area contributed by atoms with E-state index in [1.807, 2.05) is 13.8 Å². The van der Waals surface area contributed by atoms with Crippen molar-refractivity contribution in [3.8, 4) is 0 Å². The highest BCUT2D eigenvalue weighted by molar-refractivity contribution is 4.78. The van der Waals surface area contributed by atoms with Crippen molar-refractivity contribution in [3.63, 3.8) is 0 Å². The normalized spacial score (nSPS) is 12.7. The number of rotatable bonds is 10. The predicted octanol–water partition coefficient (Wildman–Crippen LogP) is 1.56. The lowest BCUT2D eigenvalue weighted by Gasteiger charge is -2.13. The minimum atomic E-state index is -0.137. The first-order valence-electron chi connectivity index (χ1n) is 4.82. The summed E-state index contributed by atoms with van der Waals surface area (Å²) in [6.07, 6.45) is 1.55. The van der Waals surface area contributed by atoms with Crippen molar-refractivity contribution >= 4 is 0 Å². The molecule has 4 heteroatoms. The van der Waals surface area contributed by atoms with Crippen LogP contribution in [0.4, 0.5) is 0 Å². The lowest BCUT2D eigenvalue weighted by Crippen LogP contribution is -2.19. The SMILES string of the molecule is C=CC(COCOCC)OCOCC. The topological polar surface area (TPSA) is 36.9 Å². The summed E-state index contributed by atoms with van der Waals surface area (Å²) in [5, 5.41) is 0. The first kappa shape index (κ1) is 13.6. The molecule has 1 atom stereocenters. The smallest absolute Gasteiger partial charge is 0.147 e. The molecule has 0 aliphatic heterocycles. The summed E-state index contributed by atoms with van der Waals surface area (Å²) in [6.45, 7) is 9.76. The Balaban J connectivity index is 3.33. The first-order chi connectivity index (χ1) is 6.85. The fraction of sp³-hybridized carbons (Fsp3) is 0.800. The zero-order valence-electron chi connectivity index (χ0n) is 9.03. The first-order valence-corrected chi connectivity index (χ1v) is 4.82. The van der Waals surface area contributed by atoms with Gasteiger partial charge in [0, 0.05) is 13.2 Å². The van der Waals surface area contributed by atoms with Gasteiger partial charge in [-0.1, -0.05) is 6.08 Å². The number of ether oxygens (including phenoxy) is 4. The van der Waals surface area contributed by atoms with Crippen molar-refractivity contribution in [1.82, 2.24) is 0 Å². The van der Waals surface area contributed by atoms with E-state index >= 15 is 0 Å². The second kappa shape index (κ2) is 10.7. The third-order valence-corrected chi connectivity index (χ3v) is 1.49. The molecule has 4 nitrogen and oxygen atoms in total. The monoisotopic (exact) mass is 204 g/mol. The summed E-state index contributed by atoms with van der Waals surface area (Å²) in [5.74, 6) is 0. The molecule has 0 aromatic rings. The van der Waals surface area contributed by atoms with Gasteiger partial charge in [-0.3, -0.25) is 0 Å². The van der Waals surface area contributed by atoms with Crippen LogP contribution >= 0.6 is 0 Å². The molecule has 0 radical (unpaired) electrons. The fourth-order valence-electron chi connectivity index (χ4n) is 0.710. The minimum absolute atomic E-state index is 0.137. The highest BCUT2D eigenvalue weighted by Crippen LogP contribution is 1.95. The van der Waals surface area contributed by atoms with Gasteiger partial charge in [-0.25, -0.2) is 0 Å². The summed E-state index contributed by atoms with van der Waals surface area (Å²) in [6, 6.07) is 0. The van der Waals surface area contributed by atoms with E-state index in [0.29, 0.717) is 26.6 Å². The quantitative estimate of drug-likeness (QED) is 0.307. The van der Waals surface area contributed by atoms with Crippen molar-refractivity contribution in [2.24, 2.45) is 0 Å². The summed E-state index contributed by atoms with van der Waals surface area (Å²) >= 11 is 0. The lowest BCUT2D eigenvalue weighted by atomic mass is 10.4. The van der Waals surface area contributed by atoms with Crippen LogP contribution in [0.15, 0.2) is 12.7 Å². The average molecular weight is 204 g/mol. The minimum Gasteiger partial charge on any atom is -0.356 e. The fourth-order valence-corrected chi connectivity index (χ4v) is 0.710. The zero-order chi connectivity index (χ0) is 10.6. The Bertz CT molecular complexity index is 127. The van der Waals surface area contributed by atoms with Gasteiger partial charge in [0.25, 0.3) is 0 Å². The Morgan fingerprint density at radius 1 is 1.07 bits per heavy atom. The Morgan fingerprint density at radius 3 is 2.29 bits per heavy atom. The highest BCUT2D eigenvalue weighted by Gasteiger charge is 2.03. The second-order valence-corrected chi connectivity index (χ2v) is 2.53. The van der Waals surface area contributed by atoms with E-state index in [2.05, 4.69) is 6.58 Å². The second-order valence-electron chi connectivity index (χ2n) is 2.53. The predicted molar refractivity (Wildman–Crippen MR) is 54.0 cm³/mol. The van der Waals surface area contributed by atoms with E-state index < -0.39 is 0 Å². The molecule has 0 N–H and O–H groups in total. The molecule has 0 bridgehead atoms. The average Bonchev–Trinajstić information content (AvgIpc) is 2.22. The molecule has 0 aromatic carbocycles. The van der Waals surface area contributed by atoms with E-state index in [1.165, 1.54) is 0 Å². The van der Waals surface area contributed by atoms with E-state index in [9.17, 15) is 0 Å². The number of hydrogen-bond acceptors (Lipinski definition) is 4. The van der Waals surface area contributed by atoms with Gasteiger partial charge in [-0.05, 0) is 13.8 Å². The van der Waals surface area contributed by atoms with Crippen LogP contribution in [-0.4, -0.2) is 39.5 Å². The van der Waals surface area contributed by atoms with Gasteiger partial charge in [-0.15, -0.1) is 6.58 Å². The van der Waals surface area contributed by atoms with Crippen molar-refractivity contribution in [3.05, 3.63) is 12.7 Å². The van der Waals surface area contributed by atoms with Gasteiger partial charge in [0.05, 0.1) is 6.61 Å². The Morgan fingerprint density at radius 2 is 1.71 bits per heavy atom. The zero-order valence-corrected chi connectivity index (χ0v) is 9.03. The van der Waals surface area contributed by atoms with Crippen LogP contribution in [0.25, 0.3) is 0 Å². The van der Waals surface area contributed by atoms with Crippen LogP contribution in [0.5, 0.6) is 0 Å². The molecular weight excluding hydrogens is 184 g/mol. The van der Waals surface area contributed by atoms with Gasteiger partial charge in [0.1, 0.15) is 19.7 Å². The van der Waals surface area contributed by atoms with Crippen LogP contribution in [-0.2, 0) is 18.9 Å². The van der Waals surface area contributed by atoms with Crippen molar-refractivity contribution in [2.45, 2.75) is 20.0 Å². The largest absolute Gasteiger partial charge is 0.356 e. The molecule has 0 rings (SSSR count). The van der Waals surface area contributed by atoms with Crippen molar-refractivity contribution in [1.29, 1.82) is 0 Å². The summed E-state index contributed by atoms with van der Waals surface area (Å²) in [4.78, 5) is 0. The molecular formula is C10H20O4. The summed E-state index contributed by atoms with van der Waals surface area (Å²) in [5.41, 5.74) is 0. The van der Waals surface area contributed by atoms with Crippen LogP contribution < -0.4 is 0 Å². The van der Waals surface area contributed by atoms with Crippen molar-refractivity contribution in [2.75, 3.05) is 33.4 Å². The van der Waals surface area contributed by atoms with Gasteiger partial charge in [-0.2, -0.15) is 0 Å². The third kappa shape index (κ3) is 8.19. The molecule has 0 aromatic heterocycles. The van der Waals surface area contributed by atoms with Crippen LogP contribution in [0, 0.1) is 0 Å². The number of hydrogen-bond donors (Lipinski definition) is 0. The maximum absolute atomic E-state index is 5.29. The molecule has 0 amide bonds. The van der Waals surface area contributed by atoms with Crippen LogP contribution in [0.2, 0.25) is 0 Å². The molecule has 0 saturated carbocycles. The Kier molecular flexibility index (Phi) is 10.3. The molecule has 0 spiro atoms. The highest BCUT2D eigenvalue weighted by atomic mass is 16.7. The van der Waals surface area contributed by atoms with E-state index in [0.717, 1.165) is 0 Å². The third-order valence-electron chi connectivity index (χ3n) is 1.49. The molecule has 0 heterocycles. The molecule has 0 saturated heterocycles.